The molecule has 1 saturated carbocycles. The van der Waals surface area contributed by atoms with Crippen LogP contribution in [0.2, 0.25) is 0 Å². The molecule has 1 fully saturated rings. The highest BCUT2D eigenvalue weighted by atomic mass is 14.6. The molecule has 0 spiro atoms. The molecule has 1 aliphatic carbocycles. The van der Waals surface area contributed by atoms with Crippen LogP contribution in [0.5, 0.6) is 0 Å². The first-order valence-electron chi connectivity index (χ1n) is 3.64. The summed E-state index contributed by atoms with van der Waals surface area (Å²) in [6, 6.07) is 0. The van der Waals surface area contributed by atoms with E-state index in [9.17, 15) is 0 Å². The van der Waals surface area contributed by atoms with Crippen LogP contribution < -0.4 is 5.73 Å². The lowest BCUT2D eigenvalue weighted by Crippen LogP contribution is -2.06. The predicted molar refractivity (Wildman–Crippen MR) is 39.8 cm³/mol. The monoisotopic (exact) mass is 125 g/mol. The number of nitrogens with two attached hydrogens (primary N) is 1. The van der Waals surface area contributed by atoms with Crippen LogP contribution in [-0.2, 0) is 0 Å². The minimum atomic E-state index is 0.625. The maximum Gasteiger partial charge on any atom is 0.00391 e. The van der Waals surface area contributed by atoms with Crippen molar-refractivity contribution in [2.24, 2.45) is 17.6 Å². The number of hydrogen-bond donors (Lipinski definition) is 1. The summed E-state index contributed by atoms with van der Waals surface area (Å²) in [5.74, 6) is 1.50. The third-order valence-corrected chi connectivity index (χ3v) is 2.22. The topological polar surface area (TPSA) is 26.0 Å². The molecule has 0 amide bonds. The maximum atomic E-state index is 5.57. The van der Waals surface area contributed by atoms with E-state index in [0.717, 1.165) is 11.6 Å². The van der Waals surface area contributed by atoms with Crippen LogP contribution >= 0.6 is 0 Å². The molecule has 0 saturated heterocycles. The summed E-state index contributed by atoms with van der Waals surface area (Å²) in [6.45, 7) is 6.03. The fourth-order valence-electron chi connectivity index (χ4n) is 1.54. The molecule has 0 bridgehead atoms. The number of rotatable bonds is 1. The van der Waals surface area contributed by atoms with Gasteiger partial charge in [-0.05, 0) is 24.7 Å². The molecule has 1 nitrogen and oxygen atoms in total. The predicted octanol–water partition coefficient (Wildman–Crippen LogP) is 1.90. The zero-order valence-corrected chi connectivity index (χ0v) is 6.06. The second-order valence-corrected chi connectivity index (χ2v) is 3.19. The molecule has 0 aromatic heterocycles. The zero-order valence-electron chi connectivity index (χ0n) is 6.06. The van der Waals surface area contributed by atoms with Gasteiger partial charge in [-0.2, -0.15) is 0 Å². The van der Waals surface area contributed by atoms with Gasteiger partial charge in [0.15, 0.2) is 0 Å². The molecule has 1 aliphatic rings. The van der Waals surface area contributed by atoms with E-state index in [4.69, 9.17) is 5.73 Å². The van der Waals surface area contributed by atoms with Gasteiger partial charge in [-0.25, -0.2) is 0 Å². The number of allylic oxidation sites excluding steroid dienone is 1. The fourth-order valence-corrected chi connectivity index (χ4v) is 1.54. The first kappa shape index (κ1) is 6.66. The van der Waals surface area contributed by atoms with Crippen molar-refractivity contribution in [3.05, 3.63) is 12.3 Å². The van der Waals surface area contributed by atoms with Gasteiger partial charge in [0.2, 0.25) is 0 Å². The first-order chi connectivity index (χ1) is 4.20. The summed E-state index contributed by atoms with van der Waals surface area (Å²) >= 11 is 0. The maximum absolute atomic E-state index is 5.57. The van der Waals surface area contributed by atoms with E-state index in [1.54, 1.807) is 0 Å². The van der Waals surface area contributed by atoms with Gasteiger partial charge in [-0.3, -0.25) is 0 Å². The molecule has 52 valence electrons. The summed E-state index contributed by atoms with van der Waals surface area (Å²) in [5.41, 5.74) is 6.45. The fraction of sp³-hybridized carbons (Fsp3) is 0.750. The van der Waals surface area contributed by atoms with Gasteiger partial charge in [0.05, 0.1) is 0 Å². The van der Waals surface area contributed by atoms with Crippen molar-refractivity contribution in [3.8, 4) is 0 Å². The van der Waals surface area contributed by atoms with Crippen molar-refractivity contribution in [3.63, 3.8) is 0 Å². The van der Waals surface area contributed by atoms with Gasteiger partial charge >= 0.3 is 0 Å². The summed E-state index contributed by atoms with van der Waals surface area (Å²) in [5, 5.41) is 0. The molecular formula is C8H15N. The van der Waals surface area contributed by atoms with Gasteiger partial charge in [-0.15, -0.1) is 0 Å². The average molecular weight is 125 g/mol. The molecule has 2 atom stereocenters. The molecule has 0 aromatic rings. The van der Waals surface area contributed by atoms with Gasteiger partial charge in [0.1, 0.15) is 0 Å². The molecule has 0 aromatic carbocycles. The molecule has 0 radical (unpaired) electrons. The lowest BCUT2D eigenvalue weighted by molar-refractivity contribution is 0.569. The molecule has 0 aliphatic heterocycles. The minimum Gasteiger partial charge on any atom is -0.402 e. The molecule has 2 unspecified atom stereocenters. The summed E-state index contributed by atoms with van der Waals surface area (Å²) in [4.78, 5) is 0. The van der Waals surface area contributed by atoms with E-state index in [1.165, 1.54) is 19.3 Å². The highest BCUT2D eigenvalue weighted by Crippen LogP contribution is 2.32. The molecule has 1 heteroatoms. The van der Waals surface area contributed by atoms with Gasteiger partial charge in [0, 0.05) is 5.70 Å². The highest BCUT2D eigenvalue weighted by molar-refractivity contribution is 4.97. The smallest absolute Gasteiger partial charge is 0.00391 e. The normalized spacial score (nSPS) is 34.8. The Balaban J connectivity index is 2.39. The lowest BCUT2D eigenvalue weighted by atomic mass is 10.0. The van der Waals surface area contributed by atoms with Crippen LogP contribution in [0.3, 0.4) is 0 Å². The first-order valence-corrected chi connectivity index (χ1v) is 3.64. The van der Waals surface area contributed by atoms with Gasteiger partial charge in [-0.1, -0.05) is 19.9 Å². The average Bonchev–Trinajstić information content (AvgIpc) is 2.14. The van der Waals surface area contributed by atoms with Crippen molar-refractivity contribution in [2.45, 2.75) is 26.2 Å². The van der Waals surface area contributed by atoms with Crippen molar-refractivity contribution in [1.82, 2.24) is 0 Å². The van der Waals surface area contributed by atoms with Crippen LogP contribution in [0, 0.1) is 11.8 Å². The van der Waals surface area contributed by atoms with Crippen LogP contribution in [0.4, 0.5) is 0 Å². The Morgan fingerprint density at radius 1 is 1.56 bits per heavy atom. The highest BCUT2D eigenvalue weighted by Gasteiger charge is 2.21. The Kier molecular flexibility index (Phi) is 1.79. The van der Waals surface area contributed by atoms with E-state index >= 15 is 0 Å². The van der Waals surface area contributed by atoms with E-state index in [-0.39, 0.29) is 0 Å². The summed E-state index contributed by atoms with van der Waals surface area (Å²) in [7, 11) is 0. The molecular weight excluding hydrogens is 110 g/mol. The summed E-state index contributed by atoms with van der Waals surface area (Å²) < 4.78 is 0. The second kappa shape index (κ2) is 2.42. The van der Waals surface area contributed by atoms with E-state index in [2.05, 4.69) is 13.5 Å². The Morgan fingerprint density at radius 2 is 2.22 bits per heavy atom. The quantitative estimate of drug-likeness (QED) is 0.569. The SMILES string of the molecule is C=C(N)C1CCC(C)C1. The van der Waals surface area contributed by atoms with E-state index < -0.39 is 0 Å². The van der Waals surface area contributed by atoms with Crippen LogP contribution in [0.1, 0.15) is 26.2 Å². The van der Waals surface area contributed by atoms with Crippen molar-refractivity contribution in [1.29, 1.82) is 0 Å². The van der Waals surface area contributed by atoms with Crippen molar-refractivity contribution in [2.75, 3.05) is 0 Å². The van der Waals surface area contributed by atoms with Crippen molar-refractivity contribution >= 4 is 0 Å². The zero-order chi connectivity index (χ0) is 6.85. The standard InChI is InChI=1S/C8H15N/c1-6-3-4-8(5-6)7(2)9/h6,8H,2-5,9H2,1H3. The van der Waals surface area contributed by atoms with E-state index in [0.29, 0.717) is 5.92 Å². The Labute approximate surface area is 56.9 Å². The van der Waals surface area contributed by atoms with Crippen LogP contribution in [-0.4, -0.2) is 0 Å². The Bertz CT molecular complexity index is 118. The Morgan fingerprint density at radius 3 is 2.44 bits per heavy atom. The van der Waals surface area contributed by atoms with Gasteiger partial charge in [0.25, 0.3) is 0 Å². The van der Waals surface area contributed by atoms with E-state index in [1.807, 2.05) is 0 Å². The third kappa shape index (κ3) is 1.47. The Hall–Kier alpha value is -0.460. The lowest BCUT2D eigenvalue weighted by Gasteiger charge is -2.06. The molecule has 2 N–H and O–H groups in total. The molecule has 1 rings (SSSR count). The second-order valence-electron chi connectivity index (χ2n) is 3.19. The number of hydrogen-bond acceptors (Lipinski definition) is 1. The summed E-state index contributed by atoms with van der Waals surface area (Å²) in [6.07, 6.45) is 3.85. The van der Waals surface area contributed by atoms with Crippen LogP contribution in [0.15, 0.2) is 12.3 Å². The van der Waals surface area contributed by atoms with Crippen molar-refractivity contribution < 1.29 is 0 Å². The molecule has 9 heavy (non-hydrogen) atoms. The minimum absolute atomic E-state index is 0.625. The van der Waals surface area contributed by atoms with Crippen LogP contribution in [0.25, 0.3) is 0 Å². The molecule has 0 heterocycles. The third-order valence-electron chi connectivity index (χ3n) is 2.22. The van der Waals surface area contributed by atoms with Gasteiger partial charge < -0.3 is 5.73 Å². The largest absolute Gasteiger partial charge is 0.402 e.